The van der Waals surface area contributed by atoms with Crippen LogP contribution in [0.1, 0.15) is 35.2 Å². The number of nitrogens with zero attached hydrogens (tertiary/aromatic N) is 1. The van der Waals surface area contributed by atoms with Crippen molar-refractivity contribution in [3.63, 3.8) is 0 Å². The number of hydrogen-bond acceptors (Lipinski definition) is 5. The van der Waals surface area contributed by atoms with E-state index in [9.17, 15) is 9.59 Å². The second-order valence-electron chi connectivity index (χ2n) is 8.82. The fraction of sp³-hybridized carbons (Fsp3) is 0.286. The van der Waals surface area contributed by atoms with Crippen LogP contribution in [0.2, 0.25) is 0 Å². The van der Waals surface area contributed by atoms with E-state index in [0.717, 1.165) is 35.7 Å². The lowest BCUT2D eigenvalue weighted by atomic mass is 10.1. The molecule has 2 amide bonds. The van der Waals surface area contributed by atoms with Gasteiger partial charge < -0.3 is 15.0 Å². The number of rotatable bonds is 9. The number of hydroxylamine groups is 1. The Morgan fingerprint density at radius 1 is 1.09 bits per heavy atom. The maximum atomic E-state index is 13.1. The molecule has 4 rings (SSSR count). The zero-order valence-electron chi connectivity index (χ0n) is 19.9. The van der Waals surface area contributed by atoms with Crippen LogP contribution in [0.4, 0.5) is 0 Å². The molecule has 3 N–H and O–H groups in total. The Kier molecular flexibility index (Phi) is 8.13. The van der Waals surface area contributed by atoms with E-state index in [4.69, 9.17) is 9.94 Å². The number of nitrogens with one attached hydrogen (secondary N) is 2. The van der Waals surface area contributed by atoms with Crippen LogP contribution >= 0.6 is 0 Å². The predicted molar refractivity (Wildman–Crippen MR) is 136 cm³/mol. The number of benzene rings is 3. The first-order valence-electron chi connectivity index (χ1n) is 11.9. The zero-order valence-corrected chi connectivity index (χ0v) is 19.9. The van der Waals surface area contributed by atoms with Crippen LogP contribution in [0.25, 0.3) is 16.8 Å². The van der Waals surface area contributed by atoms with Crippen LogP contribution in [0.15, 0.2) is 72.3 Å². The molecule has 1 aliphatic rings. The number of carbonyl (C=O) groups excluding carboxylic acids is 2. The first-order valence-corrected chi connectivity index (χ1v) is 11.9. The Morgan fingerprint density at radius 2 is 1.86 bits per heavy atom. The highest BCUT2D eigenvalue weighted by Gasteiger charge is 2.21. The predicted octanol–water partition coefficient (Wildman–Crippen LogP) is 4.02. The molecule has 0 saturated carbocycles. The van der Waals surface area contributed by atoms with Crippen molar-refractivity contribution in [2.24, 2.45) is 0 Å². The van der Waals surface area contributed by atoms with E-state index in [0.29, 0.717) is 29.5 Å². The minimum absolute atomic E-state index is 0.0993. The molecule has 3 aromatic carbocycles. The van der Waals surface area contributed by atoms with Crippen molar-refractivity contribution in [2.75, 3.05) is 26.7 Å². The summed E-state index contributed by atoms with van der Waals surface area (Å²) < 4.78 is 6.12. The molecule has 0 aliphatic carbocycles. The number of fused-ring (bicyclic) bond motifs is 1. The van der Waals surface area contributed by atoms with Crippen LogP contribution < -0.4 is 15.5 Å². The van der Waals surface area contributed by atoms with Crippen LogP contribution in [-0.2, 0) is 4.79 Å². The molecule has 0 radical (unpaired) electrons. The normalized spacial score (nSPS) is 16.3. The molecular formula is C28H31N3O4. The third kappa shape index (κ3) is 6.26. The van der Waals surface area contributed by atoms with E-state index in [2.05, 4.69) is 17.3 Å². The summed E-state index contributed by atoms with van der Waals surface area (Å²) in [7, 11) is 2.13. The molecule has 1 heterocycles. The quantitative estimate of drug-likeness (QED) is 0.248. The van der Waals surface area contributed by atoms with Gasteiger partial charge in [0.2, 0.25) is 0 Å². The van der Waals surface area contributed by atoms with E-state index in [1.54, 1.807) is 35.8 Å². The van der Waals surface area contributed by atoms with Crippen molar-refractivity contribution in [3.05, 3.63) is 83.4 Å². The smallest absolute Gasteiger partial charge is 0.274 e. The van der Waals surface area contributed by atoms with Gasteiger partial charge in [0, 0.05) is 23.5 Å². The summed E-state index contributed by atoms with van der Waals surface area (Å²) in [5.74, 6) is -0.0536. The van der Waals surface area contributed by atoms with Crippen molar-refractivity contribution < 1.29 is 19.5 Å². The molecular weight excluding hydrogens is 442 g/mol. The highest BCUT2D eigenvalue weighted by atomic mass is 16.5. The standard InChI is InChI=1S/C28H31N3O4/c1-31-17-5-8-24(31)15-16-29-27(32)23(18-20-11-13-22(14-12-20)28(33)30-34)19-35-26-10-4-7-21-6-2-3-9-25(21)26/h2-4,6-7,9-14,18,24,34H,5,8,15-17,19H2,1H3,(H,29,32)(H,30,33). The molecule has 0 spiro atoms. The molecule has 1 atom stereocenters. The summed E-state index contributed by atoms with van der Waals surface area (Å²) in [6.45, 7) is 1.80. The Bertz CT molecular complexity index is 1200. The van der Waals surface area contributed by atoms with Crippen molar-refractivity contribution in [2.45, 2.75) is 25.3 Å². The molecule has 1 unspecified atom stereocenters. The SMILES string of the molecule is CN1CCCC1CCNC(=O)C(=Cc1ccc(C(=O)NO)cc1)COc1cccc2ccccc12. The Morgan fingerprint density at radius 3 is 2.60 bits per heavy atom. The average molecular weight is 474 g/mol. The Labute approximate surface area is 205 Å². The molecule has 7 heteroatoms. The summed E-state index contributed by atoms with van der Waals surface area (Å²) in [5, 5.41) is 13.9. The van der Waals surface area contributed by atoms with Gasteiger partial charge in [0.1, 0.15) is 12.4 Å². The summed E-state index contributed by atoms with van der Waals surface area (Å²) in [6, 6.07) is 21.0. The molecule has 3 aromatic rings. The molecule has 1 fully saturated rings. The first kappa shape index (κ1) is 24.4. The number of ether oxygens (including phenoxy) is 1. The topological polar surface area (TPSA) is 90.9 Å². The fourth-order valence-corrected chi connectivity index (χ4v) is 4.46. The van der Waals surface area contributed by atoms with E-state index >= 15 is 0 Å². The molecule has 7 nitrogen and oxygen atoms in total. The Hall–Kier alpha value is -3.68. The number of likely N-dealkylation sites (tertiary alicyclic amines) is 1. The van der Waals surface area contributed by atoms with Gasteiger partial charge in [-0.2, -0.15) is 0 Å². The summed E-state index contributed by atoms with van der Waals surface area (Å²) in [6.07, 6.45) is 5.03. The lowest BCUT2D eigenvalue weighted by Crippen LogP contribution is -2.33. The van der Waals surface area contributed by atoms with Crippen LogP contribution in [0, 0.1) is 0 Å². The third-order valence-corrected chi connectivity index (χ3v) is 6.47. The minimum Gasteiger partial charge on any atom is -0.488 e. The second kappa shape index (κ2) is 11.6. The van der Waals surface area contributed by atoms with Crippen LogP contribution in [0.3, 0.4) is 0 Å². The van der Waals surface area contributed by atoms with Gasteiger partial charge in [-0.25, -0.2) is 5.48 Å². The van der Waals surface area contributed by atoms with E-state index in [1.807, 2.05) is 42.5 Å². The first-order chi connectivity index (χ1) is 17.0. The number of amides is 2. The zero-order chi connectivity index (χ0) is 24.6. The summed E-state index contributed by atoms with van der Waals surface area (Å²) >= 11 is 0. The van der Waals surface area contributed by atoms with Crippen molar-refractivity contribution >= 4 is 28.7 Å². The van der Waals surface area contributed by atoms with E-state index in [-0.39, 0.29) is 12.5 Å². The molecule has 0 aromatic heterocycles. The van der Waals surface area contributed by atoms with Crippen molar-refractivity contribution in [1.82, 2.24) is 15.7 Å². The van der Waals surface area contributed by atoms with E-state index < -0.39 is 5.91 Å². The van der Waals surface area contributed by atoms with Gasteiger partial charge >= 0.3 is 0 Å². The van der Waals surface area contributed by atoms with Gasteiger partial charge in [-0.15, -0.1) is 0 Å². The summed E-state index contributed by atoms with van der Waals surface area (Å²) in [4.78, 5) is 27.1. The maximum absolute atomic E-state index is 13.1. The highest BCUT2D eigenvalue weighted by Crippen LogP contribution is 2.26. The monoisotopic (exact) mass is 473 g/mol. The number of carbonyl (C=O) groups is 2. The van der Waals surface area contributed by atoms with Crippen molar-refractivity contribution in [3.8, 4) is 5.75 Å². The maximum Gasteiger partial charge on any atom is 0.274 e. The van der Waals surface area contributed by atoms with E-state index in [1.165, 1.54) is 6.42 Å². The van der Waals surface area contributed by atoms with Gasteiger partial charge in [-0.1, -0.05) is 48.5 Å². The van der Waals surface area contributed by atoms with Gasteiger partial charge in [0.15, 0.2) is 0 Å². The van der Waals surface area contributed by atoms with Gasteiger partial charge in [-0.05, 0) is 68.1 Å². The lowest BCUT2D eigenvalue weighted by molar-refractivity contribution is -0.117. The molecule has 1 aliphatic heterocycles. The third-order valence-electron chi connectivity index (χ3n) is 6.47. The number of hydrogen-bond donors (Lipinski definition) is 3. The van der Waals surface area contributed by atoms with Crippen molar-refractivity contribution in [1.29, 1.82) is 0 Å². The molecule has 182 valence electrons. The van der Waals surface area contributed by atoms with Gasteiger partial charge in [0.05, 0.1) is 5.57 Å². The Balaban J connectivity index is 1.50. The highest BCUT2D eigenvalue weighted by molar-refractivity contribution is 5.98. The van der Waals surface area contributed by atoms with Gasteiger partial charge in [0.25, 0.3) is 11.8 Å². The fourth-order valence-electron chi connectivity index (χ4n) is 4.46. The van der Waals surface area contributed by atoms with Gasteiger partial charge in [-0.3, -0.25) is 14.8 Å². The molecule has 35 heavy (non-hydrogen) atoms. The summed E-state index contributed by atoms with van der Waals surface area (Å²) in [5.41, 5.74) is 3.18. The largest absolute Gasteiger partial charge is 0.488 e. The van der Waals surface area contributed by atoms with Crippen LogP contribution in [-0.4, -0.2) is 54.7 Å². The second-order valence-corrected chi connectivity index (χ2v) is 8.82. The average Bonchev–Trinajstić information content (AvgIpc) is 3.30. The van der Waals surface area contributed by atoms with Crippen LogP contribution in [0.5, 0.6) is 5.75 Å². The lowest BCUT2D eigenvalue weighted by Gasteiger charge is -2.19. The molecule has 0 bridgehead atoms. The molecule has 1 saturated heterocycles. The minimum atomic E-state index is -0.588.